The summed E-state index contributed by atoms with van der Waals surface area (Å²) in [5.74, 6) is 1.86. The van der Waals surface area contributed by atoms with Crippen molar-refractivity contribution in [2.45, 2.75) is 32.2 Å². The Balaban J connectivity index is 1.36. The van der Waals surface area contributed by atoms with E-state index < -0.39 is 0 Å². The molecular weight excluding hydrogens is 302 g/mol. The van der Waals surface area contributed by atoms with Gasteiger partial charge in [0.15, 0.2) is 0 Å². The number of hydrogen-bond donors (Lipinski definition) is 1. The lowest BCUT2D eigenvalue weighted by molar-refractivity contribution is 0.187. The van der Waals surface area contributed by atoms with E-state index in [0.717, 1.165) is 31.5 Å². The molecule has 124 valence electrons. The van der Waals surface area contributed by atoms with Crippen molar-refractivity contribution < 1.29 is 4.42 Å². The third-order valence-corrected chi connectivity index (χ3v) is 4.67. The Kier molecular flexibility index (Phi) is 4.13. The summed E-state index contributed by atoms with van der Waals surface area (Å²) in [6, 6.07) is 10.2. The second kappa shape index (κ2) is 6.57. The third-order valence-electron chi connectivity index (χ3n) is 4.67. The highest BCUT2D eigenvalue weighted by Crippen LogP contribution is 2.27. The monoisotopic (exact) mass is 323 g/mol. The molecule has 24 heavy (non-hydrogen) atoms. The summed E-state index contributed by atoms with van der Waals surface area (Å²) in [5, 5.41) is 15.5. The number of aryl methyl sites for hydroxylation is 1. The number of nitrogens with one attached hydrogen (secondary N) is 1. The Morgan fingerprint density at radius 1 is 1.12 bits per heavy atom. The molecule has 1 N–H and O–H groups in total. The summed E-state index contributed by atoms with van der Waals surface area (Å²) < 4.78 is 5.83. The van der Waals surface area contributed by atoms with Gasteiger partial charge in [-0.1, -0.05) is 17.7 Å². The average molecular weight is 323 g/mol. The van der Waals surface area contributed by atoms with E-state index >= 15 is 0 Å². The third kappa shape index (κ3) is 3.23. The van der Waals surface area contributed by atoms with Gasteiger partial charge in [-0.25, -0.2) is 0 Å². The van der Waals surface area contributed by atoms with Gasteiger partial charge in [0.05, 0.1) is 6.54 Å². The zero-order valence-electron chi connectivity index (χ0n) is 13.8. The molecule has 3 heterocycles. The molecule has 0 saturated carbocycles. The van der Waals surface area contributed by atoms with Gasteiger partial charge in [0.2, 0.25) is 11.8 Å². The van der Waals surface area contributed by atoms with E-state index in [-0.39, 0.29) is 0 Å². The van der Waals surface area contributed by atoms with Crippen molar-refractivity contribution in [2.24, 2.45) is 0 Å². The van der Waals surface area contributed by atoms with Gasteiger partial charge < -0.3 is 4.42 Å². The number of benzene rings is 1. The fourth-order valence-electron chi connectivity index (χ4n) is 3.22. The summed E-state index contributed by atoms with van der Waals surface area (Å²) >= 11 is 0. The quantitative estimate of drug-likeness (QED) is 0.798. The maximum Gasteiger partial charge on any atom is 0.247 e. The van der Waals surface area contributed by atoms with Crippen LogP contribution in [0.15, 0.2) is 40.9 Å². The van der Waals surface area contributed by atoms with Crippen molar-refractivity contribution >= 4 is 0 Å². The van der Waals surface area contributed by atoms with Crippen molar-refractivity contribution in [1.82, 2.24) is 25.3 Å². The van der Waals surface area contributed by atoms with E-state index in [2.05, 4.69) is 50.4 Å². The molecule has 4 rings (SSSR count). The molecule has 6 nitrogen and oxygen atoms in total. The van der Waals surface area contributed by atoms with Gasteiger partial charge >= 0.3 is 0 Å². The highest BCUT2D eigenvalue weighted by Gasteiger charge is 2.22. The number of hydrogen-bond acceptors (Lipinski definition) is 5. The Morgan fingerprint density at radius 3 is 2.62 bits per heavy atom. The molecule has 0 unspecified atom stereocenters. The van der Waals surface area contributed by atoms with Gasteiger partial charge in [-0.15, -0.1) is 10.2 Å². The van der Waals surface area contributed by atoms with Crippen LogP contribution in [0.5, 0.6) is 0 Å². The molecule has 1 aromatic carbocycles. The van der Waals surface area contributed by atoms with E-state index in [1.807, 2.05) is 18.3 Å². The predicted molar refractivity (Wildman–Crippen MR) is 90.3 cm³/mol. The molecule has 0 bridgehead atoms. The lowest BCUT2D eigenvalue weighted by Crippen LogP contribution is -2.32. The summed E-state index contributed by atoms with van der Waals surface area (Å²) in [4.78, 5) is 2.37. The largest absolute Gasteiger partial charge is 0.419 e. The number of likely N-dealkylation sites (tertiary alicyclic amines) is 1. The van der Waals surface area contributed by atoms with Crippen LogP contribution in [-0.4, -0.2) is 38.4 Å². The topological polar surface area (TPSA) is 70.8 Å². The second-order valence-electron chi connectivity index (χ2n) is 6.43. The van der Waals surface area contributed by atoms with Gasteiger partial charge in [-0.05, 0) is 51.1 Å². The molecule has 3 aromatic rings. The van der Waals surface area contributed by atoms with Crippen LogP contribution in [0, 0.1) is 6.92 Å². The summed E-state index contributed by atoms with van der Waals surface area (Å²) in [7, 11) is 0. The number of rotatable bonds is 4. The van der Waals surface area contributed by atoms with Crippen LogP contribution in [0.1, 0.15) is 35.9 Å². The maximum atomic E-state index is 5.83. The first-order chi connectivity index (χ1) is 11.8. The van der Waals surface area contributed by atoms with E-state index in [9.17, 15) is 0 Å². The van der Waals surface area contributed by atoms with Crippen LogP contribution in [0.3, 0.4) is 0 Å². The number of piperidine rings is 1. The lowest BCUT2D eigenvalue weighted by atomic mass is 9.94. The lowest BCUT2D eigenvalue weighted by Gasteiger charge is -2.30. The summed E-state index contributed by atoms with van der Waals surface area (Å²) in [6.07, 6.45) is 4.08. The molecule has 0 atom stereocenters. The number of nitrogens with zero attached hydrogens (tertiary/aromatic N) is 4. The van der Waals surface area contributed by atoms with Crippen LogP contribution in [-0.2, 0) is 6.54 Å². The minimum atomic E-state index is 0.578. The summed E-state index contributed by atoms with van der Waals surface area (Å²) in [5.41, 5.74) is 3.44. The standard InChI is InChI=1S/C18H21N5O/c1-13-2-4-15(5-3-13)18-22-21-17(24-18)12-23-10-7-14(8-11-23)16-6-9-19-20-16/h2-6,9,14H,7-8,10-12H2,1H3,(H,19,20). The van der Waals surface area contributed by atoms with Crippen molar-refractivity contribution in [1.29, 1.82) is 0 Å². The second-order valence-corrected chi connectivity index (χ2v) is 6.43. The average Bonchev–Trinajstić information content (AvgIpc) is 3.28. The molecule has 0 spiro atoms. The van der Waals surface area contributed by atoms with Crippen LogP contribution < -0.4 is 0 Å². The van der Waals surface area contributed by atoms with E-state index in [4.69, 9.17) is 4.42 Å². The number of H-pyrrole nitrogens is 1. The first-order valence-corrected chi connectivity index (χ1v) is 8.39. The fourth-order valence-corrected chi connectivity index (χ4v) is 3.22. The molecule has 0 radical (unpaired) electrons. The SMILES string of the molecule is Cc1ccc(-c2nnc(CN3CCC(c4ccn[nH]4)CC3)o2)cc1. The number of aromatic nitrogens is 4. The van der Waals surface area contributed by atoms with Crippen LogP contribution >= 0.6 is 0 Å². The van der Waals surface area contributed by atoms with Gasteiger partial charge in [0, 0.05) is 23.4 Å². The Morgan fingerprint density at radius 2 is 1.92 bits per heavy atom. The predicted octanol–water partition coefficient (Wildman–Crippen LogP) is 3.15. The van der Waals surface area contributed by atoms with Crippen LogP contribution in [0.25, 0.3) is 11.5 Å². The molecule has 1 saturated heterocycles. The Labute approximate surface area is 140 Å². The Hall–Kier alpha value is -2.47. The zero-order valence-corrected chi connectivity index (χ0v) is 13.8. The minimum absolute atomic E-state index is 0.578. The minimum Gasteiger partial charge on any atom is -0.419 e. The first kappa shape index (κ1) is 15.1. The van der Waals surface area contributed by atoms with Crippen LogP contribution in [0.4, 0.5) is 0 Å². The fraction of sp³-hybridized carbons (Fsp3) is 0.389. The first-order valence-electron chi connectivity index (χ1n) is 8.39. The Bertz CT molecular complexity index is 770. The van der Waals surface area contributed by atoms with E-state index in [1.165, 1.54) is 11.3 Å². The van der Waals surface area contributed by atoms with Gasteiger partial charge in [-0.3, -0.25) is 10.00 Å². The molecule has 1 aliphatic heterocycles. The van der Waals surface area contributed by atoms with Gasteiger partial charge in [0.25, 0.3) is 0 Å². The van der Waals surface area contributed by atoms with Crippen molar-refractivity contribution in [3.05, 3.63) is 53.7 Å². The molecule has 6 heteroatoms. The molecule has 1 fully saturated rings. The highest BCUT2D eigenvalue weighted by atomic mass is 16.4. The molecule has 0 aliphatic carbocycles. The highest BCUT2D eigenvalue weighted by molar-refractivity contribution is 5.52. The molecule has 0 amide bonds. The van der Waals surface area contributed by atoms with Crippen molar-refractivity contribution in [2.75, 3.05) is 13.1 Å². The van der Waals surface area contributed by atoms with Crippen molar-refractivity contribution in [3.63, 3.8) is 0 Å². The van der Waals surface area contributed by atoms with Crippen molar-refractivity contribution in [3.8, 4) is 11.5 Å². The smallest absolute Gasteiger partial charge is 0.247 e. The summed E-state index contributed by atoms with van der Waals surface area (Å²) in [6.45, 7) is 4.85. The normalized spacial score (nSPS) is 16.5. The number of aromatic amines is 1. The van der Waals surface area contributed by atoms with E-state index in [0.29, 0.717) is 24.2 Å². The van der Waals surface area contributed by atoms with Gasteiger partial charge in [0.1, 0.15) is 0 Å². The molecular formula is C18H21N5O. The molecule has 2 aromatic heterocycles. The maximum absolute atomic E-state index is 5.83. The zero-order chi connectivity index (χ0) is 16.4. The van der Waals surface area contributed by atoms with Crippen LogP contribution in [0.2, 0.25) is 0 Å². The van der Waals surface area contributed by atoms with E-state index in [1.54, 1.807) is 0 Å². The van der Waals surface area contributed by atoms with Gasteiger partial charge in [-0.2, -0.15) is 5.10 Å². The molecule has 1 aliphatic rings.